The molecule has 0 unspecified atom stereocenters. The minimum absolute atomic E-state index is 0.368. The number of carboxylic acid groups (broad SMARTS) is 1. The summed E-state index contributed by atoms with van der Waals surface area (Å²) in [5, 5.41) is 8.32. The molecule has 0 spiro atoms. The van der Waals surface area contributed by atoms with Gasteiger partial charge in [0, 0.05) is 0 Å². The minimum atomic E-state index is -1.27. The van der Waals surface area contributed by atoms with E-state index in [4.69, 9.17) is 5.11 Å². The van der Waals surface area contributed by atoms with Gasteiger partial charge in [0.2, 0.25) is 0 Å². The molecule has 2 aliphatic rings. The average Bonchev–Trinajstić information content (AvgIpc) is 2.71. The van der Waals surface area contributed by atoms with E-state index in [1.807, 2.05) is 12.1 Å². The summed E-state index contributed by atoms with van der Waals surface area (Å²) < 4.78 is 4.46. The molecule has 1 aromatic rings. The molecule has 1 N–H and O–H groups in total. The molecule has 3 heteroatoms. The lowest BCUT2D eigenvalue weighted by molar-refractivity contribution is 0.144. The molecule has 158 valence electrons. The molecule has 0 bridgehead atoms. The molecule has 0 atom stereocenters. The molecule has 28 heavy (non-hydrogen) atoms. The van der Waals surface area contributed by atoms with Crippen molar-refractivity contribution in [3.8, 4) is 5.75 Å². The van der Waals surface area contributed by atoms with Crippen molar-refractivity contribution in [2.75, 3.05) is 0 Å². The first-order chi connectivity index (χ1) is 13.6. The fourth-order valence-electron chi connectivity index (χ4n) is 5.08. The van der Waals surface area contributed by atoms with Crippen LogP contribution in [0.4, 0.5) is 4.79 Å². The predicted molar refractivity (Wildman–Crippen MR) is 116 cm³/mol. The van der Waals surface area contributed by atoms with Gasteiger partial charge in [0.05, 0.1) is 0 Å². The molecular formula is C25H40O3. The first kappa shape index (κ1) is 22.8. The Hall–Kier alpha value is -1.51. The van der Waals surface area contributed by atoms with Crippen LogP contribution in [0.1, 0.15) is 96.5 Å². The molecular weight excluding hydrogens is 348 g/mol. The second-order valence-corrected chi connectivity index (χ2v) is 8.73. The quantitative estimate of drug-likeness (QED) is 0.398. The molecule has 0 heterocycles. The van der Waals surface area contributed by atoms with Crippen LogP contribution in [0, 0.1) is 17.8 Å². The maximum atomic E-state index is 10.2. The molecule has 3 rings (SSSR count). The summed E-state index contributed by atoms with van der Waals surface area (Å²) in [6, 6.07) is 7.09. The highest BCUT2D eigenvalue weighted by atomic mass is 16.7. The Morgan fingerprint density at radius 3 is 2.04 bits per heavy atom. The van der Waals surface area contributed by atoms with Gasteiger partial charge >= 0.3 is 6.16 Å². The lowest BCUT2D eigenvalue weighted by Crippen LogP contribution is -2.23. The van der Waals surface area contributed by atoms with Gasteiger partial charge in [0.25, 0.3) is 0 Å². The summed E-state index contributed by atoms with van der Waals surface area (Å²) in [6.45, 7) is 4.44. The standard InChI is InChI=1S/C15H28.C10H12O3/c1-2-6-13-9-11-15(12-10-13)14-7-4-3-5-8-14;1-2-3-8-4-6-9(7-5-8)13-10(11)12/h13-15H,2-12H2,1H3;4-7H,2-3H2,1H3,(H,11,12)/t13-,15-;. The molecule has 0 radical (unpaired) electrons. The Morgan fingerprint density at radius 1 is 0.893 bits per heavy atom. The van der Waals surface area contributed by atoms with E-state index >= 15 is 0 Å². The van der Waals surface area contributed by atoms with Gasteiger partial charge in [-0.3, -0.25) is 0 Å². The maximum Gasteiger partial charge on any atom is 0.511 e. The zero-order valence-corrected chi connectivity index (χ0v) is 18.0. The summed E-state index contributed by atoms with van der Waals surface area (Å²) in [7, 11) is 0. The highest BCUT2D eigenvalue weighted by Crippen LogP contribution is 2.40. The zero-order valence-electron chi connectivity index (χ0n) is 18.0. The molecule has 2 aliphatic carbocycles. The number of carbonyl (C=O) groups is 1. The maximum absolute atomic E-state index is 10.2. The normalized spacial score (nSPS) is 22.8. The Bertz CT molecular complexity index is 537. The van der Waals surface area contributed by atoms with E-state index in [1.165, 1.54) is 37.7 Å². The van der Waals surface area contributed by atoms with Gasteiger partial charge in [-0.2, -0.15) is 0 Å². The molecule has 0 aromatic heterocycles. The van der Waals surface area contributed by atoms with E-state index in [0.29, 0.717) is 5.75 Å². The van der Waals surface area contributed by atoms with Crippen LogP contribution in [-0.2, 0) is 6.42 Å². The third-order valence-electron chi connectivity index (χ3n) is 6.57. The van der Waals surface area contributed by atoms with Crippen molar-refractivity contribution in [2.45, 2.75) is 97.3 Å². The van der Waals surface area contributed by atoms with Crippen LogP contribution in [0.2, 0.25) is 0 Å². The molecule has 1 aromatic carbocycles. The van der Waals surface area contributed by atoms with Crippen LogP contribution in [0.5, 0.6) is 5.75 Å². The fourth-order valence-corrected chi connectivity index (χ4v) is 5.08. The zero-order chi connectivity index (χ0) is 20.2. The van der Waals surface area contributed by atoms with Gasteiger partial charge in [0.15, 0.2) is 0 Å². The van der Waals surface area contributed by atoms with E-state index < -0.39 is 6.16 Å². The minimum Gasteiger partial charge on any atom is -0.449 e. The number of rotatable bonds is 6. The van der Waals surface area contributed by atoms with E-state index in [1.54, 1.807) is 50.7 Å². The lowest BCUT2D eigenvalue weighted by atomic mass is 9.70. The Kier molecular flexibility index (Phi) is 10.5. The van der Waals surface area contributed by atoms with Gasteiger partial charge in [-0.1, -0.05) is 90.2 Å². The largest absolute Gasteiger partial charge is 0.511 e. The third kappa shape index (κ3) is 8.24. The highest BCUT2D eigenvalue weighted by molar-refractivity contribution is 5.61. The van der Waals surface area contributed by atoms with Gasteiger partial charge < -0.3 is 9.84 Å². The number of ether oxygens (including phenoxy) is 1. The Balaban J connectivity index is 0.000000203. The number of aryl methyl sites for hydroxylation is 1. The van der Waals surface area contributed by atoms with Gasteiger partial charge in [-0.25, -0.2) is 4.79 Å². The number of benzene rings is 1. The van der Waals surface area contributed by atoms with Crippen LogP contribution < -0.4 is 4.74 Å². The van der Waals surface area contributed by atoms with Crippen molar-refractivity contribution in [1.29, 1.82) is 0 Å². The lowest BCUT2D eigenvalue weighted by Gasteiger charge is -2.35. The molecule has 0 aliphatic heterocycles. The predicted octanol–water partition coefficient (Wildman–Crippen LogP) is 7.87. The van der Waals surface area contributed by atoms with Gasteiger partial charge in [0.1, 0.15) is 5.75 Å². The van der Waals surface area contributed by atoms with E-state index in [0.717, 1.165) is 30.6 Å². The molecule has 2 fully saturated rings. The second-order valence-electron chi connectivity index (χ2n) is 8.73. The summed E-state index contributed by atoms with van der Waals surface area (Å²) in [5.41, 5.74) is 1.19. The fraction of sp³-hybridized carbons (Fsp3) is 0.720. The van der Waals surface area contributed by atoms with Gasteiger partial charge in [-0.15, -0.1) is 0 Å². The third-order valence-corrected chi connectivity index (χ3v) is 6.57. The second kappa shape index (κ2) is 12.9. The van der Waals surface area contributed by atoms with Gasteiger partial charge in [-0.05, 0) is 54.7 Å². The van der Waals surface area contributed by atoms with Crippen LogP contribution in [0.15, 0.2) is 24.3 Å². The van der Waals surface area contributed by atoms with E-state index in [9.17, 15) is 4.79 Å². The Morgan fingerprint density at radius 2 is 1.50 bits per heavy atom. The number of hydrogen-bond donors (Lipinski definition) is 1. The smallest absolute Gasteiger partial charge is 0.449 e. The molecule has 3 nitrogen and oxygen atoms in total. The Labute approximate surface area is 171 Å². The highest BCUT2D eigenvalue weighted by Gasteiger charge is 2.27. The first-order valence-electron chi connectivity index (χ1n) is 11.6. The van der Waals surface area contributed by atoms with Crippen LogP contribution in [-0.4, -0.2) is 11.3 Å². The first-order valence-corrected chi connectivity index (χ1v) is 11.6. The van der Waals surface area contributed by atoms with Crippen molar-refractivity contribution in [3.05, 3.63) is 29.8 Å². The van der Waals surface area contributed by atoms with Crippen LogP contribution >= 0.6 is 0 Å². The molecule has 2 saturated carbocycles. The topological polar surface area (TPSA) is 46.5 Å². The van der Waals surface area contributed by atoms with Crippen LogP contribution in [0.25, 0.3) is 0 Å². The monoisotopic (exact) mass is 388 g/mol. The summed E-state index contributed by atoms with van der Waals surface area (Å²) in [4.78, 5) is 10.2. The summed E-state index contributed by atoms with van der Waals surface area (Å²) >= 11 is 0. The molecule has 0 amide bonds. The van der Waals surface area contributed by atoms with Crippen molar-refractivity contribution in [1.82, 2.24) is 0 Å². The average molecular weight is 389 g/mol. The number of hydrogen-bond acceptors (Lipinski definition) is 2. The van der Waals surface area contributed by atoms with Crippen molar-refractivity contribution >= 4 is 6.16 Å². The summed E-state index contributed by atoms with van der Waals surface area (Å²) in [5.74, 6) is 3.71. The molecule has 0 saturated heterocycles. The summed E-state index contributed by atoms with van der Waals surface area (Å²) in [6.07, 6.45) is 17.6. The SMILES string of the molecule is CCC[C@H]1CC[C@H](C2CCCCC2)CC1.CCCc1ccc(OC(=O)O)cc1. The van der Waals surface area contributed by atoms with E-state index in [2.05, 4.69) is 18.6 Å². The van der Waals surface area contributed by atoms with Crippen molar-refractivity contribution in [3.63, 3.8) is 0 Å². The van der Waals surface area contributed by atoms with E-state index in [-0.39, 0.29) is 0 Å². The van der Waals surface area contributed by atoms with Crippen LogP contribution in [0.3, 0.4) is 0 Å². The van der Waals surface area contributed by atoms with Crippen molar-refractivity contribution in [2.24, 2.45) is 17.8 Å². The van der Waals surface area contributed by atoms with Crippen molar-refractivity contribution < 1.29 is 14.6 Å².